The van der Waals surface area contributed by atoms with Crippen LogP contribution in [0, 0.1) is 0 Å². The van der Waals surface area contributed by atoms with Crippen molar-refractivity contribution in [3.05, 3.63) is 194 Å². The van der Waals surface area contributed by atoms with Gasteiger partial charge in [0.25, 0.3) is 0 Å². The van der Waals surface area contributed by atoms with Crippen molar-refractivity contribution >= 4 is 151 Å². The van der Waals surface area contributed by atoms with Crippen LogP contribution in [0.25, 0.3) is 120 Å². The van der Waals surface area contributed by atoms with Crippen molar-refractivity contribution in [2.24, 2.45) is 0 Å². The zero-order chi connectivity index (χ0) is 47.6. The summed E-state index contributed by atoms with van der Waals surface area (Å²) in [5.74, 6) is 1.71. The first-order valence-corrected chi connectivity index (χ1v) is 27.4. The Morgan fingerprint density at radius 1 is 0.362 bits per heavy atom. The van der Waals surface area contributed by atoms with Crippen LogP contribution in [0.5, 0.6) is 11.5 Å². The predicted octanol–water partition coefficient (Wildman–Crippen LogP) is 19.8. The van der Waals surface area contributed by atoms with Gasteiger partial charge in [0, 0.05) is 21.5 Å². The summed E-state index contributed by atoms with van der Waals surface area (Å²) in [5.41, 5.74) is 8.25. The van der Waals surface area contributed by atoms with Crippen molar-refractivity contribution in [3.63, 3.8) is 0 Å². The van der Waals surface area contributed by atoms with E-state index < -0.39 is 11.2 Å². The summed E-state index contributed by atoms with van der Waals surface area (Å²) in [4.78, 5) is 0. The number of benzene rings is 11. The molecule has 2 heterocycles. The number of furan rings is 2. The minimum absolute atomic E-state index is 0.194. The van der Waals surface area contributed by atoms with Gasteiger partial charge in [-0.05, 0) is 137 Å². The van der Waals surface area contributed by atoms with Crippen LogP contribution < -0.4 is 9.47 Å². The number of ether oxygens (including phenoxy) is 2. The summed E-state index contributed by atoms with van der Waals surface area (Å²) in [6.07, 6.45) is 0. The van der Waals surface area contributed by atoms with E-state index in [1.807, 2.05) is 18.2 Å². The fourth-order valence-corrected chi connectivity index (χ4v) is 9.57. The van der Waals surface area contributed by atoms with Gasteiger partial charge in [0.1, 0.15) is 33.8 Å². The molecule has 0 spiro atoms. The van der Waals surface area contributed by atoms with E-state index in [1.165, 1.54) is 64.6 Å². The molecule has 0 bridgehead atoms. The average molecular weight is 1050 g/mol. The summed E-state index contributed by atoms with van der Waals surface area (Å²) in [7, 11) is 18.1. The van der Waals surface area contributed by atoms with Crippen molar-refractivity contribution in [2.75, 3.05) is 19.6 Å². The second kappa shape index (κ2) is 20.5. The van der Waals surface area contributed by atoms with Gasteiger partial charge in [0.2, 0.25) is 0 Å². The minimum atomic E-state index is -1.33. The molecule has 0 radical (unpaired) electrons. The average Bonchev–Trinajstić information content (AvgIpc) is 3.96. The van der Waals surface area contributed by atoms with Gasteiger partial charge < -0.3 is 18.3 Å². The van der Waals surface area contributed by atoms with Gasteiger partial charge >= 0.3 is 41.5 Å². The van der Waals surface area contributed by atoms with E-state index in [-0.39, 0.29) is 5.34 Å². The Labute approximate surface area is 424 Å². The molecule has 2 aromatic heterocycles. The molecule has 0 saturated heterocycles. The molecule has 0 aliphatic heterocycles. The topological polar surface area (TPSA) is 44.7 Å². The second-order valence-corrected chi connectivity index (χ2v) is 22.4. The van der Waals surface area contributed by atoms with Gasteiger partial charge in [0.05, 0.1) is 19.6 Å². The molecule has 69 heavy (non-hydrogen) atoms. The van der Waals surface area contributed by atoms with Crippen LogP contribution in [0.1, 0.15) is 0 Å². The molecule has 343 valence electrons. The standard InChI is InChI=1S/C29H18O2.C29H20O2.CH2Cl2.3ClH.Fe/c1-30-18-11-12-22-23(14-18)20-8-4-5-9-21(20)24-15-26-28(16-25(22)24)31-27-13-10-17-6-2-3-7-19(17)29(26)27;1-30-22-13-15-23(26(18-22)19-7-3-2-4-8-19)21-11-14-25-28(17-21)31-27-16-12-20-9-5-6-10-24(20)29(25)27;2-1-3;;;;/h2-16H,1H3;2-18H,1H3;1H2;3*1H;/q;;;;;;+3/p-3. The van der Waals surface area contributed by atoms with E-state index in [1.54, 1.807) is 14.2 Å². The quantitative estimate of drug-likeness (QED) is 0.100. The number of rotatable bonds is 4. The fourth-order valence-electron chi connectivity index (χ4n) is 9.57. The van der Waals surface area contributed by atoms with Crippen LogP contribution in [0.15, 0.2) is 203 Å². The van der Waals surface area contributed by atoms with Crippen molar-refractivity contribution in [1.82, 2.24) is 0 Å². The molecule has 0 fully saturated rings. The molecule has 10 heteroatoms. The number of methoxy groups -OCH3 is 2. The SMILES string of the molecule is COc1ccc(-c2ccc3c(c2)oc2ccc4ccccc4c23)c(-c2ccccc2)c1.COc1ccc2c(c1)c1ccccc1c1cc3c(cc21)oc1ccc2ccccc2c13.ClCCl.[Cl][Fe]([Cl])[Cl]. The molecule has 0 amide bonds. The molecule has 13 rings (SSSR count). The molecule has 13 aromatic rings. The molecule has 0 atom stereocenters. The Morgan fingerprint density at radius 2 is 0.826 bits per heavy atom. The van der Waals surface area contributed by atoms with Crippen LogP contribution in [0.4, 0.5) is 0 Å². The van der Waals surface area contributed by atoms with Gasteiger partial charge in [-0.1, -0.05) is 133 Å². The van der Waals surface area contributed by atoms with E-state index in [0.717, 1.165) is 66.9 Å². The van der Waals surface area contributed by atoms with Crippen molar-refractivity contribution in [2.45, 2.75) is 0 Å². The van der Waals surface area contributed by atoms with Gasteiger partial charge in [-0.25, -0.2) is 0 Å². The van der Waals surface area contributed by atoms with Gasteiger partial charge in [0.15, 0.2) is 0 Å². The molecular formula is C59H40Cl5FeO4. The van der Waals surface area contributed by atoms with Crippen molar-refractivity contribution < 1.29 is 29.5 Å². The number of hydrogen-bond acceptors (Lipinski definition) is 4. The zero-order valence-electron chi connectivity index (χ0n) is 37.1. The van der Waals surface area contributed by atoms with E-state index in [4.69, 9.17) is 71.8 Å². The Hall–Kier alpha value is -6.11. The van der Waals surface area contributed by atoms with Gasteiger partial charge in [-0.3, -0.25) is 0 Å². The zero-order valence-corrected chi connectivity index (χ0v) is 41.9. The van der Waals surface area contributed by atoms with Crippen LogP contribution >= 0.6 is 53.5 Å². The van der Waals surface area contributed by atoms with Gasteiger partial charge in [-0.15, -0.1) is 23.2 Å². The summed E-state index contributed by atoms with van der Waals surface area (Å²) in [6.45, 7) is 0. The second-order valence-electron chi connectivity index (χ2n) is 16.1. The molecule has 0 aliphatic rings. The van der Waals surface area contributed by atoms with Crippen LogP contribution in [0.3, 0.4) is 0 Å². The number of hydrogen-bond donors (Lipinski definition) is 0. The first-order valence-electron chi connectivity index (χ1n) is 21.8. The molecule has 0 saturated carbocycles. The maximum atomic E-state index is 6.35. The normalized spacial score (nSPS) is 11.4. The van der Waals surface area contributed by atoms with Gasteiger partial charge in [-0.2, -0.15) is 0 Å². The summed E-state index contributed by atoms with van der Waals surface area (Å²) in [5, 5.41) is 17.1. The third kappa shape index (κ3) is 9.13. The molecule has 0 N–H and O–H groups in total. The van der Waals surface area contributed by atoms with E-state index in [2.05, 4.69) is 176 Å². The Morgan fingerprint density at radius 3 is 1.43 bits per heavy atom. The van der Waals surface area contributed by atoms with E-state index in [9.17, 15) is 0 Å². The van der Waals surface area contributed by atoms with E-state index >= 15 is 0 Å². The third-order valence-corrected chi connectivity index (χ3v) is 12.5. The summed E-state index contributed by atoms with van der Waals surface area (Å²) >= 11 is 8.19. The predicted molar refractivity (Wildman–Crippen MR) is 293 cm³/mol. The summed E-state index contributed by atoms with van der Waals surface area (Å²) in [6, 6.07) is 68.0. The number of fused-ring (bicyclic) bond motifs is 16. The molecule has 11 aromatic carbocycles. The Balaban J connectivity index is 0.000000142. The first-order chi connectivity index (χ1) is 33.8. The van der Waals surface area contributed by atoms with E-state index in [0.29, 0.717) is 0 Å². The Kier molecular flexibility index (Phi) is 13.8. The third-order valence-electron chi connectivity index (χ3n) is 12.5. The molecule has 0 aliphatic carbocycles. The monoisotopic (exact) mass is 1040 g/mol. The fraction of sp³-hybridized carbons (Fsp3) is 0.0508. The Bertz CT molecular complexity index is 4000. The maximum absolute atomic E-state index is 6.35. The molecule has 4 nitrogen and oxygen atoms in total. The van der Waals surface area contributed by atoms with Crippen LogP contribution in [-0.2, 0) is 11.2 Å². The number of alkyl halides is 2. The van der Waals surface area contributed by atoms with Crippen LogP contribution in [0.2, 0.25) is 0 Å². The van der Waals surface area contributed by atoms with Crippen LogP contribution in [-0.4, -0.2) is 19.6 Å². The van der Waals surface area contributed by atoms with Crippen molar-refractivity contribution in [3.8, 4) is 33.8 Å². The molecular weight excluding hydrogens is 1010 g/mol. The number of halogens is 5. The molecule has 0 unspecified atom stereocenters. The summed E-state index contributed by atoms with van der Waals surface area (Å²) < 4.78 is 23.7. The first kappa shape index (κ1) is 46.6. The van der Waals surface area contributed by atoms with Crippen molar-refractivity contribution in [1.29, 1.82) is 0 Å².